The number of halogens is 2. The summed E-state index contributed by atoms with van der Waals surface area (Å²) in [5.41, 5.74) is 3.81. The monoisotopic (exact) mass is 454 g/mol. The van der Waals surface area contributed by atoms with Gasteiger partial charge in [0.25, 0.3) is 0 Å². The van der Waals surface area contributed by atoms with Crippen molar-refractivity contribution in [2.45, 2.75) is 90.0 Å². The number of hydrogen-bond donors (Lipinski definition) is 0. The van der Waals surface area contributed by atoms with Crippen molar-refractivity contribution in [3.8, 4) is 6.07 Å². The van der Waals surface area contributed by atoms with Gasteiger partial charge >= 0.3 is 0 Å². The van der Waals surface area contributed by atoms with Crippen LogP contribution in [0.25, 0.3) is 0 Å². The van der Waals surface area contributed by atoms with Crippen molar-refractivity contribution in [3.05, 3.63) is 71.3 Å². The van der Waals surface area contributed by atoms with Gasteiger partial charge in [-0.2, -0.15) is 5.26 Å². The number of hydrogen-bond acceptors (Lipinski definition) is 2. The van der Waals surface area contributed by atoms with Crippen molar-refractivity contribution in [1.29, 1.82) is 5.26 Å². The van der Waals surface area contributed by atoms with Gasteiger partial charge in [-0.3, -0.25) is 0 Å². The lowest BCUT2D eigenvalue weighted by atomic mass is 9.95. The smallest absolute Gasteiger partial charge is 0.132 e. The molecule has 33 heavy (non-hydrogen) atoms. The molecule has 1 saturated carbocycles. The second-order valence-electron chi connectivity index (χ2n) is 9.04. The van der Waals surface area contributed by atoms with E-state index in [1.165, 1.54) is 24.5 Å². The van der Waals surface area contributed by atoms with E-state index < -0.39 is 12.3 Å². The quantitative estimate of drug-likeness (QED) is 0.353. The average molecular weight is 455 g/mol. The third-order valence-electron chi connectivity index (χ3n) is 6.66. The minimum atomic E-state index is -1.29. The Morgan fingerprint density at radius 2 is 1.48 bits per heavy atom. The van der Waals surface area contributed by atoms with Crippen LogP contribution in [0.5, 0.6) is 0 Å². The van der Waals surface area contributed by atoms with Gasteiger partial charge in [-0.05, 0) is 74.1 Å². The Bertz CT molecular complexity index is 806. The van der Waals surface area contributed by atoms with E-state index in [0.717, 1.165) is 44.3 Å². The van der Waals surface area contributed by atoms with Crippen molar-refractivity contribution in [1.82, 2.24) is 4.90 Å². The zero-order chi connectivity index (χ0) is 24.1. The molecule has 0 amide bonds. The van der Waals surface area contributed by atoms with Gasteiger partial charge in [-0.25, -0.2) is 8.78 Å². The molecule has 180 valence electrons. The lowest BCUT2D eigenvalue weighted by Crippen LogP contribution is -2.37. The molecule has 0 bridgehead atoms. The molecule has 0 spiro atoms. The van der Waals surface area contributed by atoms with Gasteiger partial charge in [0, 0.05) is 19.5 Å². The second-order valence-corrected chi connectivity index (χ2v) is 9.04. The van der Waals surface area contributed by atoms with Crippen LogP contribution < -0.4 is 0 Å². The standard InChI is InChI=1S/C27H37F2N.C2H3N/c1-3-17-30(18-16-21-8-6-5-7-9-21)25(4-2)15-12-22-10-13-23(14-11-22)24-19-26(28)27(29)20-24;1-2-3/h5-11,13-14,24-27H,3-4,12,15-20H2,1-2H3;1H3. The normalized spacial score (nSPS) is 20.7. The molecule has 0 aromatic heterocycles. The number of rotatable bonds is 11. The van der Waals surface area contributed by atoms with Crippen LogP contribution in [-0.2, 0) is 12.8 Å². The van der Waals surface area contributed by atoms with Gasteiger partial charge < -0.3 is 4.90 Å². The molecule has 0 saturated heterocycles. The molecule has 1 fully saturated rings. The zero-order valence-corrected chi connectivity index (χ0v) is 20.5. The fourth-order valence-electron chi connectivity index (χ4n) is 4.82. The number of nitrogens with zero attached hydrogens (tertiary/aromatic N) is 2. The van der Waals surface area contributed by atoms with Gasteiger partial charge in [0.05, 0.1) is 6.07 Å². The van der Waals surface area contributed by atoms with Crippen molar-refractivity contribution in [2.24, 2.45) is 0 Å². The Morgan fingerprint density at radius 3 is 2.03 bits per heavy atom. The Hall–Kier alpha value is -2.25. The SMILES string of the molecule is CC#N.CCCN(CCc1ccccc1)C(CC)CCc1ccc(C2CC(F)C(F)C2)cc1. The third-order valence-corrected chi connectivity index (χ3v) is 6.66. The van der Waals surface area contributed by atoms with Crippen LogP contribution in [0.4, 0.5) is 8.78 Å². The molecule has 4 heteroatoms. The van der Waals surface area contributed by atoms with E-state index in [2.05, 4.69) is 73.3 Å². The summed E-state index contributed by atoms with van der Waals surface area (Å²) in [6, 6.07) is 21.6. The molecular formula is C29H40F2N2. The fraction of sp³-hybridized carbons (Fsp3) is 0.552. The highest BCUT2D eigenvalue weighted by Crippen LogP contribution is 2.38. The maximum absolute atomic E-state index is 13.5. The van der Waals surface area contributed by atoms with Gasteiger partial charge in [0.2, 0.25) is 0 Å². The highest BCUT2D eigenvalue weighted by molar-refractivity contribution is 5.27. The molecule has 2 aromatic rings. The Balaban J connectivity index is 0.00000122. The predicted octanol–water partition coefficient (Wildman–Crippen LogP) is 7.44. The molecule has 1 aliphatic rings. The lowest BCUT2D eigenvalue weighted by Gasteiger charge is -2.31. The van der Waals surface area contributed by atoms with Crippen molar-refractivity contribution in [2.75, 3.05) is 13.1 Å². The molecule has 2 nitrogen and oxygen atoms in total. The summed E-state index contributed by atoms with van der Waals surface area (Å²) in [5, 5.41) is 7.32. The first kappa shape index (κ1) is 27.0. The summed E-state index contributed by atoms with van der Waals surface area (Å²) in [6.07, 6.45) is 3.69. The molecule has 1 aliphatic carbocycles. The van der Waals surface area contributed by atoms with E-state index in [-0.39, 0.29) is 5.92 Å². The highest BCUT2D eigenvalue weighted by atomic mass is 19.2. The van der Waals surface area contributed by atoms with Crippen molar-refractivity contribution < 1.29 is 8.78 Å². The lowest BCUT2D eigenvalue weighted by molar-refractivity contribution is 0.183. The van der Waals surface area contributed by atoms with Crippen molar-refractivity contribution in [3.63, 3.8) is 0 Å². The molecule has 0 aliphatic heterocycles. The number of alkyl halides is 2. The molecule has 3 unspecified atom stereocenters. The Morgan fingerprint density at radius 1 is 0.909 bits per heavy atom. The largest absolute Gasteiger partial charge is 0.300 e. The van der Waals surface area contributed by atoms with E-state index in [0.29, 0.717) is 18.9 Å². The zero-order valence-electron chi connectivity index (χ0n) is 20.5. The first-order chi connectivity index (χ1) is 16.0. The van der Waals surface area contributed by atoms with E-state index in [4.69, 9.17) is 5.26 Å². The van der Waals surface area contributed by atoms with Crippen LogP contribution in [0.15, 0.2) is 54.6 Å². The Kier molecular flexibility index (Phi) is 12.1. The Labute approximate surface area is 199 Å². The predicted molar refractivity (Wildman–Crippen MR) is 134 cm³/mol. The summed E-state index contributed by atoms with van der Waals surface area (Å²) in [7, 11) is 0. The molecular weight excluding hydrogens is 414 g/mol. The number of nitriles is 1. The third kappa shape index (κ3) is 8.89. The first-order valence-electron chi connectivity index (χ1n) is 12.5. The summed E-state index contributed by atoms with van der Waals surface area (Å²) in [5.74, 6) is 0.0328. The maximum atomic E-state index is 13.5. The van der Waals surface area contributed by atoms with Crippen LogP contribution in [0, 0.1) is 11.3 Å². The van der Waals surface area contributed by atoms with Crippen LogP contribution in [0.3, 0.4) is 0 Å². The summed E-state index contributed by atoms with van der Waals surface area (Å²) < 4.78 is 27.0. The molecule has 2 aromatic carbocycles. The average Bonchev–Trinajstić information content (AvgIpc) is 3.17. The van der Waals surface area contributed by atoms with E-state index >= 15 is 0 Å². The molecule has 3 rings (SSSR count). The highest BCUT2D eigenvalue weighted by Gasteiger charge is 2.35. The van der Waals surface area contributed by atoms with Gasteiger partial charge in [0.15, 0.2) is 0 Å². The first-order valence-corrected chi connectivity index (χ1v) is 12.5. The van der Waals surface area contributed by atoms with Gasteiger partial charge in [0.1, 0.15) is 12.3 Å². The number of aryl methyl sites for hydroxylation is 1. The van der Waals surface area contributed by atoms with Crippen LogP contribution in [0.2, 0.25) is 0 Å². The van der Waals surface area contributed by atoms with E-state index in [1.807, 2.05) is 0 Å². The second kappa shape index (κ2) is 14.8. The summed E-state index contributed by atoms with van der Waals surface area (Å²) in [6.45, 7) is 8.22. The van der Waals surface area contributed by atoms with E-state index in [1.54, 1.807) is 6.07 Å². The summed E-state index contributed by atoms with van der Waals surface area (Å²) >= 11 is 0. The topological polar surface area (TPSA) is 27.0 Å². The molecule has 0 N–H and O–H groups in total. The van der Waals surface area contributed by atoms with Crippen LogP contribution >= 0.6 is 0 Å². The molecule has 0 radical (unpaired) electrons. The minimum Gasteiger partial charge on any atom is -0.300 e. The minimum absolute atomic E-state index is 0.0328. The molecule has 0 heterocycles. The van der Waals surface area contributed by atoms with Crippen molar-refractivity contribution >= 4 is 0 Å². The fourth-order valence-corrected chi connectivity index (χ4v) is 4.82. The van der Waals surface area contributed by atoms with Crippen LogP contribution in [0.1, 0.15) is 75.5 Å². The van der Waals surface area contributed by atoms with Crippen LogP contribution in [-0.4, -0.2) is 36.4 Å². The number of benzene rings is 2. The van der Waals surface area contributed by atoms with Gasteiger partial charge in [-0.1, -0.05) is 68.4 Å². The molecule has 3 atom stereocenters. The van der Waals surface area contributed by atoms with E-state index in [9.17, 15) is 8.78 Å². The maximum Gasteiger partial charge on any atom is 0.132 e. The summed E-state index contributed by atoms with van der Waals surface area (Å²) in [4.78, 5) is 2.66. The van der Waals surface area contributed by atoms with Gasteiger partial charge in [-0.15, -0.1) is 0 Å².